The first-order chi connectivity index (χ1) is 9.85. The molecule has 1 aromatic carbocycles. The van der Waals surface area contributed by atoms with Crippen LogP contribution in [0.3, 0.4) is 0 Å². The van der Waals surface area contributed by atoms with E-state index in [0.717, 1.165) is 5.92 Å². The van der Waals surface area contributed by atoms with Crippen molar-refractivity contribution in [3.8, 4) is 0 Å². The lowest BCUT2D eigenvalue weighted by Gasteiger charge is -2.38. The molecule has 2 unspecified atom stereocenters. The van der Waals surface area contributed by atoms with E-state index in [1.54, 1.807) is 0 Å². The molecule has 1 saturated heterocycles. The fourth-order valence-corrected chi connectivity index (χ4v) is 3.46. The molecule has 20 heavy (non-hydrogen) atoms. The molecule has 110 valence electrons. The molecule has 2 nitrogen and oxygen atoms in total. The molecule has 0 aromatic heterocycles. The Balaban J connectivity index is 1.62. The van der Waals surface area contributed by atoms with Gasteiger partial charge in [0.2, 0.25) is 0 Å². The number of nitrogens with one attached hydrogen (secondary N) is 1. The van der Waals surface area contributed by atoms with Gasteiger partial charge in [-0.05, 0) is 56.2 Å². The molecule has 0 amide bonds. The Morgan fingerprint density at radius 2 is 1.95 bits per heavy atom. The van der Waals surface area contributed by atoms with Gasteiger partial charge in [0, 0.05) is 19.1 Å². The van der Waals surface area contributed by atoms with Crippen LogP contribution in [-0.4, -0.2) is 37.1 Å². The highest BCUT2D eigenvalue weighted by molar-refractivity contribution is 5.21. The summed E-state index contributed by atoms with van der Waals surface area (Å²) in [5.41, 5.74) is 1.52. The van der Waals surface area contributed by atoms with E-state index in [1.807, 2.05) is 0 Å². The Morgan fingerprint density at radius 3 is 2.65 bits per heavy atom. The molecule has 1 aliphatic carbocycles. The summed E-state index contributed by atoms with van der Waals surface area (Å²) in [4.78, 5) is 2.66. The van der Waals surface area contributed by atoms with Crippen molar-refractivity contribution in [1.29, 1.82) is 0 Å². The summed E-state index contributed by atoms with van der Waals surface area (Å²) in [5, 5.41) is 3.83. The van der Waals surface area contributed by atoms with Crippen LogP contribution in [0.4, 0.5) is 0 Å². The van der Waals surface area contributed by atoms with Gasteiger partial charge in [-0.1, -0.05) is 37.3 Å². The number of likely N-dealkylation sites (tertiary alicyclic amines) is 1. The second kappa shape index (κ2) is 6.73. The minimum atomic E-state index is 0.682. The zero-order valence-corrected chi connectivity index (χ0v) is 12.7. The van der Waals surface area contributed by atoms with Crippen LogP contribution >= 0.6 is 0 Å². The van der Waals surface area contributed by atoms with E-state index in [9.17, 15) is 0 Å². The van der Waals surface area contributed by atoms with Crippen LogP contribution in [0.2, 0.25) is 0 Å². The van der Waals surface area contributed by atoms with E-state index in [4.69, 9.17) is 0 Å². The highest BCUT2D eigenvalue weighted by Gasteiger charge is 2.29. The summed E-state index contributed by atoms with van der Waals surface area (Å²) < 4.78 is 0. The number of hydrogen-bond acceptors (Lipinski definition) is 2. The minimum Gasteiger partial charge on any atom is -0.312 e. The van der Waals surface area contributed by atoms with Gasteiger partial charge >= 0.3 is 0 Å². The Morgan fingerprint density at radius 1 is 1.15 bits per heavy atom. The topological polar surface area (TPSA) is 15.3 Å². The summed E-state index contributed by atoms with van der Waals surface area (Å²) in [5.74, 6) is 1.68. The van der Waals surface area contributed by atoms with E-state index in [-0.39, 0.29) is 0 Å². The zero-order chi connectivity index (χ0) is 13.8. The van der Waals surface area contributed by atoms with Gasteiger partial charge in [-0.15, -0.1) is 0 Å². The van der Waals surface area contributed by atoms with Crippen molar-refractivity contribution in [2.75, 3.05) is 26.2 Å². The molecule has 2 heteroatoms. The normalized spacial score (nSPS) is 27.6. The number of benzene rings is 1. The maximum absolute atomic E-state index is 3.83. The maximum atomic E-state index is 3.83. The van der Waals surface area contributed by atoms with Gasteiger partial charge in [-0.3, -0.25) is 0 Å². The first-order valence-corrected chi connectivity index (χ1v) is 8.36. The summed E-state index contributed by atoms with van der Waals surface area (Å²) in [6.45, 7) is 7.25. The average Bonchev–Trinajstić information content (AvgIpc) is 3.30. The van der Waals surface area contributed by atoms with Gasteiger partial charge < -0.3 is 10.2 Å². The monoisotopic (exact) mass is 272 g/mol. The van der Waals surface area contributed by atoms with Gasteiger partial charge in [0.1, 0.15) is 0 Å². The van der Waals surface area contributed by atoms with Crippen LogP contribution in [0.1, 0.15) is 44.1 Å². The van der Waals surface area contributed by atoms with Crippen molar-refractivity contribution in [2.24, 2.45) is 5.92 Å². The summed E-state index contributed by atoms with van der Waals surface area (Å²) in [6, 6.07) is 11.8. The Hall–Kier alpha value is -0.860. The van der Waals surface area contributed by atoms with E-state index >= 15 is 0 Å². The summed E-state index contributed by atoms with van der Waals surface area (Å²) in [6.07, 6.45) is 5.45. The second-order valence-electron chi connectivity index (χ2n) is 6.65. The summed E-state index contributed by atoms with van der Waals surface area (Å²) in [7, 11) is 0. The molecule has 2 aliphatic rings. The molecule has 0 bridgehead atoms. The van der Waals surface area contributed by atoms with Crippen LogP contribution in [0, 0.1) is 5.92 Å². The first-order valence-electron chi connectivity index (χ1n) is 8.36. The van der Waals surface area contributed by atoms with Crippen molar-refractivity contribution in [1.82, 2.24) is 10.2 Å². The van der Waals surface area contributed by atoms with E-state index < -0.39 is 0 Å². The lowest BCUT2D eigenvalue weighted by atomic mass is 9.88. The Bertz CT molecular complexity index is 399. The summed E-state index contributed by atoms with van der Waals surface area (Å²) >= 11 is 0. The standard InChI is InChI=1S/C18H28N2/c1-2-10-20-13-17(16-6-4-3-5-7-16)11-18(14-20)19-12-15-8-9-15/h3-7,15,17-19H,2,8-14H2,1H3. The van der Waals surface area contributed by atoms with Crippen molar-refractivity contribution in [2.45, 2.75) is 44.6 Å². The number of nitrogens with zero attached hydrogens (tertiary/aromatic N) is 1. The maximum Gasteiger partial charge on any atom is 0.0201 e. The third-order valence-electron chi connectivity index (χ3n) is 4.73. The first kappa shape index (κ1) is 14.1. The van der Waals surface area contributed by atoms with E-state index in [2.05, 4.69) is 47.5 Å². The molecule has 3 rings (SSSR count). The van der Waals surface area contributed by atoms with Gasteiger partial charge in [0.25, 0.3) is 0 Å². The average molecular weight is 272 g/mol. The predicted molar refractivity (Wildman–Crippen MR) is 85.0 cm³/mol. The SMILES string of the molecule is CCCN1CC(NCC2CC2)CC(c2ccccc2)C1. The van der Waals surface area contributed by atoms with Crippen molar-refractivity contribution in [3.63, 3.8) is 0 Å². The van der Waals surface area contributed by atoms with Crippen LogP contribution in [-0.2, 0) is 0 Å². The molecule has 1 saturated carbocycles. The third-order valence-corrected chi connectivity index (χ3v) is 4.73. The molecule has 2 fully saturated rings. The molecular formula is C18H28N2. The quantitative estimate of drug-likeness (QED) is 0.855. The molecule has 1 heterocycles. The third kappa shape index (κ3) is 3.83. The van der Waals surface area contributed by atoms with Gasteiger partial charge in [-0.25, -0.2) is 0 Å². The minimum absolute atomic E-state index is 0.682. The molecule has 1 aromatic rings. The zero-order valence-electron chi connectivity index (χ0n) is 12.7. The van der Waals surface area contributed by atoms with Gasteiger partial charge in [0.05, 0.1) is 0 Å². The van der Waals surface area contributed by atoms with Crippen LogP contribution in [0.5, 0.6) is 0 Å². The highest BCUT2D eigenvalue weighted by Crippen LogP contribution is 2.30. The van der Waals surface area contributed by atoms with Crippen molar-refractivity contribution < 1.29 is 0 Å². The van der Waals surface area contributed by atoms with Gasteiger partial charge in [0.15, 0.2) is 0 Å². The molecule has 1 aliphatic heterocycles. The lowest BCUT2D eigenvalue weighted by Crippen LogP contribution is -2.49. The Labute approximate surface area is 123 Å². The Kier molecular flexibility index (Phi) is 4.74. The second-order valence-corrected chi connectivity index (χ2v) is 6.65. The fraction of sp³-hybridized carbons (Fsp3) is 0.667. The van der Waals surface area contributed by atoms with E-state index in [1.165, 1.54) is 57.4 Å². The lowest BCUT2D eigenvalue weighted by molar-refractivity contribution is 0.171. The van der Waals surface area contributed by atoms with E-state index in [0.29, 0.717) is 12.0 Å². The molecule has 1 N–H and O–H groups in total. The fourth-order valence-electron chi connectivity index (χ4n) is 3.46. The number of rotatable bonds is 6. The number of piperidine rings is 1. The largest absolute Gasteiger partial charge is 0.312 e. The van der Waals surface area contributed by atoms with Crippen molar-refractivity contribution in [3.05, 3.63) is 35.9 Å². The predicted octanol–water partition coefficient (Wildman–Crippen LogP) is 3.25. The van der Waals surface area contributed by atoms with Crippen LogP contribution in [0.25, 0.3) is 0 Å². The highest BCUT2D eigenvalue weighted by atomic mass is 15.2. The van der Waals surface area contributed by atoms with Gasteiger partial charge in [-0.2, -0.15) is 0 Å². The molecule has 2 atom stereocenters. The smallest absolute Gasteiger partial charge is 0.0201 e. The molecule has 0 radical (unpaired) electrons. The van der Waals surface area contributed by atoms with Crippen LogP contribution in [0.15, 0.2) is 30.3 Å². The van der Waals surface area contributed by atoms with Crippen LogP contribution < -0.4 is 5.32 Å². The van der Waals surface area contributed by atoms with Crippen molar-refractivity contribution >= 4 is 0 Å². The molecule has 0 spiro atoms. The number of hydrogen-bond donors (Lipinski definition) is 1. The molecular weight excluding hydrogens is 244 g/mol.